The third-order valence-electron chi connectivity index (χ3n) is 5.66. The van der Waals surface area contributed by atoms with Gasteiger partial charge in [-0.3, -0.25) is 4.90 Å². The zero-order valence-electron chi connectivity index (χ0n) is 15.3. The zero-order valence-corrected chi connectivity index (χ0v) is 16.0. The van der Waals surface area contributed by atoms with Crippen LogP contribution in [-0.2, 0) is 0 Å². The zero-order chi connectivity index (χ0) is 19.8. The third-order valence-corrected chi connectivity index (χ3v) is 6.01. The van der Waals surface area contributed by atoms with Gasteiger partial charge in [0, 0.05) is 36.0 Å². The lowest BCUT2D eigenvalue weighted by molar-refractivity contribution is 0.174. The van der Waals surface area contributed by atoms with Gasteiger partial charge in [0.1, 0.15) is 6.07 Å². The van der Waals surface area contributed by atoms with E-state index in [1.54, 1.807) is 6.07 Å². The van der Waals surface area contributed by atoms with Crippen LogP contribution in [0.1, 0.15) is 25.3 Å². The molecule has 0 unspecified atom stereocenters. The van der Waals surface area contributed by atoms with Crippen LogP contribution in [0.5, 0.6) is 0 Å². The Hall–Kier alpha value is -2.78. The minimum atomic E-state index is -1.64. The van der Waals surface area contributed by atoms with Gasteiger partial charge in [-0.05, 0) is 31.1 Å². The lowest BCUT2D eigenvalue weighted by atomic mass is 9.58. The Morgan fingerprint density at radius 3 is 2.44 bits per heavy atom. The van der Waals surface area contributed by atoms with Gasteiger partial charge in [-0.15, -0.1) is 0 Å². The number of nitrogens with zero attached hydrogens (tertiary/aromatic N) is 4. The fourth-order valence-electron chi connectivity index (χ4n) is 4.20. The normalized spacial score (nSPS) is 24.4. The molecule has 1 aliphatic heterocycles. The predicted octanol–water partition coefficient (Wildman–Crippen LogP) is 3.47. The number of nitriles is 3. The average molecular weight is 378 g/mol. The number of fused-ring (bicyclic) bond motifs is 1. The molecule has 136 valence electrons. The van der Waals surface area contributed by atoms with Crippen molar-refractivity contribution in [3.8, 4) is 18.2 Å². The summed E-state index contributed by atoms with van der Waals surface area (Å²) in [6, 6.07) is 13.9. The van der Waals surface area contributed by atoms with Crippen LogP contribution < -0.4 is 5.73 Å². The summed E-state index contributed by atoms with van der Waals surface area (Å²) in [5.41, 5.74) is 6.46. The van der Waals surface area contributed by atoms with Gasteiger partial charge >= 0.3 is 0 Å². The highest BCUT2D eigenvalue weighted by Gasteiger charge is 2.54. The van der Waals surface area contributed by atoms with E-state index < -0.39 is 11.3 Å². The molecule has 5 nitrogen and oxygen atoms in total. The Bertz CT molecular complexity index is 940. The van der Waals surface area contributed by atoms with Crippen molar-refractivity contribution in [2.24, 2.45) is 17.1 Å². The van der Waals surface area contributed by atoms with Crippen LogP contribution in [0.3, 0.4) is 0 Å². The van der Waals surface area contributed by atoms with Crippen molar-refractivity contribution in [1.29, 1.82) is 15.8 Å². The van der Waals surface area contributed by atoms with Crippen molar-refractivity contribution < 1.29 is 0 Å². The molecule has 0 fully saturated rings. The fraction of sp³-hybridized carbons (Fsp3) is 0.381. The number of allylic oxidation sites excluding steroid dienone is 2. The van der Waals surface area contributed by atoms with E-state index in [2.05, 4.69) is 37.0 Å². The topological polar surface area (TPSA) is 101 Å². The van der Waals surface area contributed by atoms with E-state index in [9.17, 15) is 15.8 Å². The monoisotopic (exact) mass is 377 g/mol. The molecule has 1 aliphatic carbocycles. The lowest BCUT2D eigenvalue weighted by Crippen LogP contribution is -2.49. The van der Waals surface area contributed by atoms with Crippen molar-refractivity contribution in [1.82, 2.24) is 4.90 Å². The summed E-state index contributed by atoms with van der Waals surface area (Å²) in [7, 11) is 0. The summed E-state index contributed by atoms with van der Waals surface area (Å²) in [5.74, 6) is -0.770. The van der Waals surface area contributed by atoms with Crippen molar-refractivity contribution in [2.75, 3.05) is 13.1 Å². The van der Waals surface area contributed by atoms with E-state index >= 15 is 0 Å². The number of hydrogen-bond donors (Lipinski definition) is 1. The van der Waals surface area contributed by atoms with Gasteiger partial charge in [0.05, 0.1) is 23.4 Å². The van der Waals surface area contributed by atoms with Gasteiger partial charge in [-0.25, -0.2) is 0 Å². The predicted molar refractivity (Wildman–Crippen MR) is 103 cm³/mol. The van der Waals surface area contributed by atoms with Crippen LogP contribution in [0.15, 0.2) is 47.2 Å². The van der Waals surface area contributed by atoms with E-state index in [0.717, 1.165) is 5.57 Å². The molecule has 3 rings (SSSR count). The largest absolute Gasteiger partial charge is 0.399 e. The molecule has 27 heavy (non-hydrogen) atoms. The highest BCUT2D eigenvalue weighted by Crippen LogP contribution is 2.55. The van der Waals surface area contributed by atoms with Gasteiger partial charge in [0.25, 0.3) is 0 Å². The molecule has 0 saturated heterocycles. The second-order valence-electron chi connectivity index (χ2n) is 7.24. The molecule has 0 bridgehead atoms. The highest BCUT2D eigenvalue weighted by molar-refractivity contribution is 6.31. The number of nitrogens with two attached hydrogens (primary N) is 1. The molecule has 2 aliphatic rings. The third kappa shape index (κ3) is 2.79. The standard InChI is InChI=1S/C21H20ClN5/c1-13(2)27-8-7-14-16(9-23)20(26)21(11-24,12-25)19(17(14)10-27)15-5-3-4-6-18(15)22/h3-7,13,17,19H,8,10,26H2,1-2H3/t17-,19+/m1/s1. The molecule has 2 N–H and O–H groups in total. The van der Waals surface area contributed by atoms with Gasteiger partial charge in [-0.2, -0.15) is 15.8 Å². The van der Waals surface area contributed by atoms with Crippen LogP contribution in [-0.4, -0.2) is 24.0 Å². The fourth-order valence-corrected chi connectivity index (χ4v) is 4.45. The van der Waals surface area contributed by atoms with Gasteiger partial charge < -0.3 is 5.73 Å². The molecule has 0 amide bonds. The van der Waals surface area contributed by atoms with E-state index in [-0.39, 0.29) is 17.2 Å². The van der Waals surface area contributed by atoms with Crippen molar-refractivity contribution >= 4 is 11.6 Å². The summed E-state index contributed by atoms with van der Waals surface area (Å²) in [6.45, 7) is 5.53. The Morgan fingerprint density at radius 2 is 1.89 bits per heavy atom. The van der Waals surface area contributed by atoms with Crippen molar-refractivity contribution in [3.63, 3.8) is 0 Å². The number of hydrogen-bond acceptors (Lipinski definition) is 5. The van der Waals surface area contributed by atoms with Crippen LogP contribution in [0.4, 0.5) is 0 Å². The van der Waals surface area contributed by atoms with E-state index in [0.29, 0.717) is 29.7 Å². The molecule has 0 aromatic heterocycles. The Morgan fingerprint density at radius 1 is 1.22 bits per heavy atom. The first-order valence-electron chi connectivity index (χ1n) is 8.83. The molecule has 1 aromatic carbocycles. The second kappa shape index (κ2) is 7.09. The molecular weight excluding hydrogens is 358 g/mol. The molecule has 0 radical (unpaired) electrons. The molecule has 1 heterocycles. The maximum absolute atomic E-state index is 10.0. The molecule has 0 spiro atoms. The van der Waals surface area contributed by atoms with Crippen molar-refractivity contribution in [3.05, 3.63) is 57.8 Å². The lowest BCUT2D eigenvalue weighted by Gasteiger charge is -2.46. The minimum absolute atomic E-state index is 0.0282. The minimum Gasteiger partial charge on any atom is -0.399 e. The van der Waals surface area contributed by atoms with E-state index in [1.165, 1.54) is 0 Å². The molecular formula is C21H20ClN5. The smallest absolute Gasteiger partial charge is 0.191 e. The highest BCUT2D eigenvalue weighted by atomic mass is 35.5. The summed E-state index contributed by atoms with van der Waals surface area (Å²) < 4.78 is 0. The van der Waals surface area contributed by atoms with E-state index in [4.69, 9.17) is 17.3 Å². The molecule has 6 heteroatoms. The van der Waals surface area contributed by atoms with Crippen LogP contribution in [0.25, 0.3) is 0 Å². The van der Waals surface area contributed by atoms with E-state index in [1.807, 2.05) is 24.3 Å². The number of benzene rings is 1. The Labute approximate surface area is 164 Å². The summed E-state index contributed by atoms with van der Waals surface area (Å²) in [5, 5.41) is 30.3. The summed E-state index contributed by atoms with van der Waals surface area (Å²) in [6.07, 6.45) is 2.00. The van der Waals surface area contributed by atoms with Crippen molar-refractivity contribution in [2.45, 2.75) is 25.8 Å². The quantitative estimate of drug-likeness (QED) is 0.850. The molecule has 0 saturated carbocycles. The van der Waals surface area contributed by atoms with Crippen LogP contribution >= 0.6 is 11.6 Å². The SMILES string of the molecule is CC(C)N1CC=C2C(C#N)=C(N)C(C#N)(C#N)[C@@H](c3ccccc3Cl)[C@@H]2C1. The first-order valence-corrected chi connectivity index (χ1v) is 9.20. The first-order chi connectivity index (χ1) is 12.9. The average Bonchev–Trinajstić information content (AvgIpc) is 2.67. The maximum Gasteiger partial charge on any atom is 0.191 e. The number of halogens is 1. The number of rotatable bonds is 2. The Kier molecular flexibility index (Phi) is 4.99. The van der Waals surface area contributed by atoms with Gasteiger partial charge in [-0.1, -0.05) is 35.9 Å². The summed E-state index contributed by atoms with van der Waals surface area (Å²) >= 11 is 6.47. The molecule has 2 atom stereocenters. The first kappa shape index (κ1) is 19.0. The van der Waals surface area contributed by atoms with Crippen LogP contribution in [0, 0.1) is 45.3 Å². The van der Waals surface area contributed by atoms with Gasteiger partial charge in [0.2, 0.25) is 0 Å². The molecule has 1 aromatic rings. The van der Waals surface area contributed by atoms with Gasteiger partial charge in [0.15, 0.2) is 5.41 Å². The second-order valence-corrected chi connectivity index (χ2v) is 7.65. The maximum atomic E-state index is 10.0. The van der Waals surface area contributed by atoms with Crippen LogP contribution in [0.2, 0.25) is 5.02 Å². The summed E-state index contributed by atoms with van der Waals surface area (Å²) in [4.78, 5) is 2.26. The Balaban J connectivity index is 2.33.